The Bertz CT molecular complexity index is 1400. The van der Waals surface area contributed by atoms with Crippen LogP contribution in [-0.2, 0) is 22.6 Å². The van der Waals surface area contributed by atoms with Gasteiger partial charge in [-0.1, -0.05) is 48.5 Å². The molecular formula is C33H41N5O4. The van der Waals surface area contributed by atoms with Crippen molar-refractivity contribution in [1.82, 2.24) is 20.9 Å². The number of hydrogen-bond donors (Lipinski definition) is 4. The van der Waals surface area contributed by atoms with E-state index in [0.717, 1.165) is 22.3 Å². The van der Waals surface area contributed by atoms with E-state index in [1.807, 2.05) is 81.4 Å². The van der Waals surface area contributed by atoms with E-state index in [-0.39, 0.29) is 30.7 Å². The molecule has 3 amide bonds. The first-order valence-electron chi connectivity index (χ1n) is 14.5. The van der Waals surface area contributed by atoms with Gasteiger partial charge in [0, 0.05) is 36.8 Å². The number of pyridine rings is 1. The summed E-state index contributed by atoms with van der Waals surface area (Å²) in [6.45, 7) is 8.57. The average Bonchev–Trinajstić information content (AvgIpc) is 3.09. The molecule has 0 spiro atoms. The molecule has 0 bridgehead atoms. The molecule has 0 fully saturated rings. The summed E-state index contributed by atoms with van der Waals surface area (Å²) in [6.07, 6.45) is 2.38. The molecule has 4 N–H and O–H groups in total. The van der Waals surface area contributed by atoms with Crippen LogP contribution in [0.1, 0.15) is 62.0 Å². The molecule has 0 saturated heterocycles. The maximum atomic E-state index is 13.9. The first-order chi connectivity index (χ1) is 20.1. The minimum absolute atomic E-state index is 0.120. The number of carbonyl (C=O) groups is 3. The standard InChI is InChI=1S/C33H41N5O4/c1-5-34-31(41)27-11-7-6-10-26(27)24-14-12-23(13-15-24)21-38-30-25(9-8-18-35-30)16-17-28(32(38)42)37-29(40)19-33(3,4)36-20-22(2)39/h6-15,18,22,28,36,39H,5,16-17,19-21H2,1-4H3,(H,34,41)(H,37,40)/t22-,28?/m1/s1. The van der Waals surface area contributed by atoms with Gasteiger partial charge < -0.3 is 21.1 Å². The molecule has 1 aliphatic heterocycles. The Hall–Kier alpha value is -4.08. The maximum absolute atomic E-state index is 13.9. The lowest BCUT2D eigenvalue weighted by Gasteiger charge is -2.29. The van der Waals surface area contributed by atoms with E-state index < -0.39 is 17.7 Å². The summed E-state index contributed by atoms with van der Waals surface area (Å²) in [4.78, 5) is 45.7. The molecule has 1 aliphatic rings. The van der Waals surface area contributed by atoms with Crippen molar-refractivity contribution < 1.29 is 19.5 Å². The Morgan fingerprint density at radius 3 is 2.55 bits per heavy atom. The van der Waals surface area contributed by atoms with Gasteiger partial charge >= 0.3 is 0 Å². The van der Waals surface area contributed by atoms with E-state index in [9.17, 15) is 19.5 Å². The zero-order valence-corrected chi connectivity index (χ0v) is 24.8. The molecule has 9 heteroatoms. The molecule has 0 aliphatic carbocycles. The fourth-order valence-electron chi connectivity index (χ4n) is 5.17. The second kappa shape index (κ2) is 13.7. The summed E-state index contributed by atoms with van der Waals surface area (Å²) in [5, 5.41) is 18.6. The number of nitrogens with zero attached hydrogens (tertiary/aromatic N) is 2. The van der Waals surface area contributed by atoms with Crippen molar-refractivity contribution >= 4 is 23.5 Å². The van der Waals surface area contributed by atoms with E-state index in [1.165, 1.54) is 0 Å². The largest absolute Gasteiger partial charge is 0.392 e. The monoisotopic (exact) mass is 571 g/mol. The lowest BCUT2D eigenvalue weighted by Crippen LogP contribution is -2.51. The van der Waals surface area contributed by atoms with Crippen LogP contribution in [0.15, 0.2) is 66.9 Å². The zero-order chi connectivity index (χ0) is 30.3. The van der Waals surface area contributed by atoms with Gasteiger partial charge in [-0.3, -0.25) is 19.3 Å². The normalized spacial score (nSPS) is 15.9. The molecule has 4 rings (SSSR count). The molecule has 2 atom stereocenters. The second-order valence-corrected chi connectivity index (χ2v) is 11.5. The van der Waals surface area contributed by atoms with Crippen LogP contribution in [0.3, 0.4) is 0 Å². The van der Waals surface area contributed by atoms with Gasteiger partial charge in [-0.05, 0) is 74.9 Å². The van der Waals surface area contributed by atoms with Crippen LogP contribution >= 0.6 is 0 Å². The number of benzene rings is 2. The van der Waals surface area contributed by atoms with Gasteiger partial charge in [0.25, 0.3) is 11.8 Å². The number of aliphatic hydroxyl groups is 1. The lowest BCUT2D eigenvalue weighted by atomic mass is 9.98. The topological polar surface area (TPSA) is 124 Å². The van der Waals surface area contributed by atoms with Crippen LogP contribution < -0.4 is 20.9 Å². The fraction of sp³-hybridized carbons (Fsp3) is 0.394. The highest BCUT2D eigenvalue weighted by atomic mass is 16.3. The van der Waals surface area contributed by atoms with E-state index in [4.69, 9.17) is 0 Å². The summed E-state index contributed by atoms with van der Waals surface area (Å²) >= 11 is 0. The molecule has 9 nitrogen and oxygen atoms in total. The Balaban J connectivity index is 1.53. The minimum Gasteiger partial charge on any atom is -0.392 e. The summed E-state index contributed by atoms with van der Waals surface area (Å²) in [6, 6.07) is 18.4. The van der Waals surface area contributed by atoms with E-state index in [2.05, 4.69) is 20.9 Å². The Morgan fingerprint density at radius 2 is 1.83 bits per heavy atom. The third kappa shape index (κ3) is 7.80. The van der Waals surface area contributed by atoms with Crippen molar-refractivity contribution in [2.75, 3.05) is 18.0 Å². The maximum Gasteiger partial charge on any atom is 0.251 e. The summed E-state index contributed by atoms with van der Waals surface area (Å²) < 4.78 is 0. The van der Waals surface area contributed by atoms with Crippen LogP contribution in [0.4, 0.5) is 5.82 Å². The smallest absolute Gasteiger partial charge is 0.251 e. The first kappa shape index (κ1) is 30.9. The van der Waals surface area contributed by atoms with E-state index in [0.29, 0.717) is 37.3 Å². The van der Waals surface area contributed by atoms with E-state index in [1.54, 1.807) is 18.0 Å². The molecule has 1 unspecified atom stereocenters. The molecule has 42 heavy (non-hydrogen) atoms. The fourth-order valence-corrected chi connectivity index (χ4v) is 5.17. The van der Waals surface area contributed by atoms with Crippen LogP contribution in [0, 0.1) is 0 Å². The number of hydrogen-bond acceptors (Lipinski definition) is 6. The predicted molar refractivity (Wildman–Crippen MR) is 164 cm³/mol. The number of fused-ring (bicyclic) bond motifs is 1. The van der Waals surface area contributed by atoms with Gasteiger partial charge in [0.2, 0.25) is 5.91 Å². The quantitative estimate of drug-likeness (QED) is 0.279. The molecule has 2 heterocycles. The highest BCUT2D eigenvalue weighted by Crippen LogP contribution is 2.28. The lowest BCUT2D eigenvalue weighted by molar-refractivity contribution is -0.128. The average molecular weight is 572 g/mol. The number of rotatable bonds is 11. The number of aromatic nitrogens is 1. The third-order valence-electron chi connectivity index (χ3n) is 7.32. The zero-order valence-electron chi connectivity index (χ0n) is 24.8. The highest BCUT2D eigenvalue weighted by Gasteiger charge is 2.33. The van der Waals surface area contributed by atoms with Crippen LogP contribution in [0.5, 0.6) is 0 Å². The van der Waals surface area contributed by atoms with Gasteiger partial charge in [-0.15, -0.1) is 0 Å². The van der Waals surface area contributed by atoms with Gasteiger partial charge in [0.1, 0.15) is 11.9 Å². The van der Waals surface area contributed by atoms with Crippen LogP contribution in [-0.4, -0.2) is 58.6 Å². The summed E-state index contributed by atoms with van der Waals surface area (Å²) in [5.74, 6) is 0.0423. The SMILES string of the molecule is CCNC(=O)c1ccccc1-c1ccc(CN2C(=O)C(NC(=O)CC(C)(C)NC[C@@H](C)O)CCc3cccnc32)cc1. The Labute approximate surface area is 247 Å². The van der Waals surface area contributed by atoms with Gasteiger partial charge in [-0.2, -0.15) is 0 Å². The summed E-state index contributed by atoms with van der Waals surface area (Å²) in [5.41, 5.74) is 3.65. The van der Waals surface area contributed by atoms with Crippen molar-refractivity contribution in [2.24, 2.45) is 0 Å². The molecule has 0 saturated carbocycles. The predicted octanol–water partition coefficient (Wildman–Crippen LogP) is 3.60. The van der Waals surface area contributed by atoms with Crippen molar-refractivity contribution in [3.05, 3.63) is 83.6 Å². The number of aryl methyl sites for hydroxylation is 1. The number of carbonyl (C=O) groups excluding carboxylic acids is 3. The third-order valence-corrected chi connectivity index (χ3v) is 7.32. The molecule has 2 aromatic carbocycles. The molecular weight excluding hydrogens is 530 g/mol. The van der Waals surface area contributed by atoms with Gasteiger partial charge in [-0.25, -0.2) is 4.98 Å². The Morgan fingerprint density at radius 1 is 1.10 bits per heavy atom. The molecule has 3 aromatic rings. The minimum atomic E-state index is -0.692. The van der Waals surface area contributed by atoms with Gasteiger partial charge in [0.15, 0.2) is 0 Å². The number of aliphatic hydroxyl groups excluding tert-OH is 1. The van der Waals surface area contributed by atoms with Crippen molar-refractivity contribution in [3.8, 4) is 11.1 Å². The van der Waals surface area contributed by atoms with Crippen molar-refractivity contribution in [2.45, 2.75) is 71.2 Å². The Kier molecular flexibility index (Phi) is 10.1. The van der Waals surface area contributed by atoms with Crippen molar-refractivity contribution in [1.29, 1.82) is 0 Å². The molecule has 222 valence electrons. The first-order valence-corrected chi connectivity index (χ1v) is 14.5. The van der Waals surface area contributed by atoms with E-state index >= 15 is 0 Å². The van der Waals surface area contributed by atoms with Crippen LogP contribution in [0.2, 0.25) is 0 Å². The number of anilines is 1. The van der Waals surface area contributed by atoms with Gasteiger partial charge in [0.05, 0.1) is 12.6 Å². The summed E-state index contributed by atoms with van der Waals surface area (Å²) in [7, 11) is 0. The van der Waals surface area contributed by atoms with Crippen molar-refractivity contribution in [3.63, 3.8) is 0 Å². The molecule has 1 aromatic heterocycles. The number of amides is 3. The second-order valence-electron chi connectivity index (χ2n) is 11.5. The number of β-amino-alcohol motifs (C(OH)–C–C–N with tert-alkyl or cyclic N) is 1. The number of nitrogens with one attached hydrogen (secondary N) is 3. The molecule has 0 radical (unpaired) electrons. The van der Waals surface area contributed by atoms with Crippen LogP contribution in [0.25, 0.3) is 11.1 Å². The highest BCUT2D eigenvalue weighted by molar-refractivity contribution is 6.01.